The van der Waals surface area contributed by atoms with Crippen LogP contribution in [-0.2, 0) is 13.6 Å². The van der Waals surface area contributed by atoms with Crippen LogP contribution in [0.2, 0.25) is 0 Å². The van der Waals surface area contributed by atoms with Crippen LogP contribution < -0.4 is 5.32 Å². The molecule has 0 amide bonds. The van der Waals surface area contributed by atoms with E-state index in [1.807, 2.05) is 0 Å². The number of aromatic nitrogens is 3. The van der Waals surface area contributed by atoms with E-state index in [1.54, 1.807) is 11.7 Å². The molecule has 0 saturated carbocycles. The number of furan rings is 1. The highest BCUT2D eigenvalue weighted by Crippen LogP contribution is 2.36. The first-order valence-corrected chi connectivity index (χ1v) is 4.66. The molecule has 7 heteroatoms. The number of rotatable bonds is 1. The Kier molecular flexibility index (Phi) is 1.59. The number of hydrogen-bond donors (Lipinski definition) is 2. The van der Waals surface area contributed by atoms with Crippen molar-refractivity contribution >= 4 is 11.7 Å². The summed E-state index contributed by atoms with van der Waals surface area (Å²) in [5, 5.41) is 19.7. The first-order valence-electron chi connectivity index (χ1n) is 4.66. The lowest BCUT2D eigenvalue weighted by molar-refractivity contribution is 0.0663. The number of fused-ring (bicyclic) bond motifs is 3. The zero-order chi connectivity index (χ0) is 11.3. The SMILES string of the molecule is Cn1nnc2c1CNc1cc(C(=O)O)oc1-2. The molecule has 0 aliphatic carbocycles. The molecule has 16 heavy (non-hydrogen) atoms. The van der Waals surface area contributed by atoms with Gasteiger partial charge in [-0.1, -0.05) is 5.21 Å². The van der Waals surface area contributed by atoms with Crippen LogP contribution in [0.5, 0.6) is 0 Å². The van der Waals surface area contributed by atoms with Crippen LogP contribution in [0.3, 0.4) is 0 Å². The molecule has 2 N–H and O–H groups in total. The lowest BCUT2D eigenvalue weighted by Crippen LogP contribution is -2.10. The molecule has 0 spiro atoms. The molecule has 1 aliphatic heterocycles. The van der Waals surface area contributed by atoms with Gasteiger partial charge in [-0.15, -0.1) is 5.10 Å². The second-order valence-electron chi connectivity index (χ2n) is 3.52. The summed E-state index contributed by atoms with van der Waals surface area (Å²) in [5.41, 5.74) is 2.12. The van der Waals surface area contributed by atoms with Crippen molar-refractivity contribution in [2.24, 2.45) is 7.05 Å². The Morgan fingerprint density at radius 2 is 2.50 bits per heavy atom. The van der Waals surface area contributed by atoms with Gasteiger partial charge in [0.1, 0.15) is 0 Å². The largest absolute Gasteiger partial charge is 0.475 e. The van der Waals surface area contributed by atoms with E-state index in [4.69, 9.17) is 9.52 Å². The second kappa shape index (κ2) is 2.84. The van der Waals surface area contributed by atoms with Crippen molar-refractivity contribution in [3.05, 3.63) is 17.5 Å². The molecule has 2 aromatic rings. The van der Waals surface area contributed by atoms with Gasteiger partial charge < -0.3 is 14.8 Å². The molecule has 0 saturated heterocycles. The van der Waals surface area contributed by atoms with Gasteiger partial charge in [0.05, 0.1) is 17.9 Å². The summed E-state index contributed by atoms with van der Waals surface area (Å²) >= 11 is 0. The Morgan fingerprint density at radius 1 is 1.69 bits per heavy atom. The van der Waals surface area contributed by atoms with Crippen molar-refractivity contribution in [2.75, 3.05) is 5.32 Å². The lowest BCUT2D eigenvalue weighted by Gasteiger charge is -2.11. The van der Waals surface area contributed by atoms with Crippen molar-refractivity contribution in [1.82, 2.24) is 15.0 Å². The van der Waals surface area contributed by atoms with E-state index < -0.39 is 5.97 Å². The third-order valence-electron chi connectivity index (χ3n) is 2.55. The summed E-state index contributed by atoms with van der Waals surface area (Å²) < 4.78 is 6.86. The van der Waals surface area contributed by atoms with E-state index >= 15 is 0 Å². The first kappa shape index (κ1) is 8.96. The van der Waals surface area contributed by atoms with Crippen molar-refractivity contribution < 1.29 is 14.3 Å². The van der Waals surface area contributed by atoms with Crippen LogP contribution >= 0.6 is 0 Å². The third kappa shape index (κ3) is 1.05. The van der Waals surface area contributed by atoms with E-state index in [9.17, 15) is 4.79 Å². The standard InChI is InChI=1S/C9H8N4O3/c1-13-5-3-10-4-2-6(9(14)15)16-8(4)7(5)11-12-13/h2,10H,3H2,1H3,(H,14,15). The quantitative estimate of drug-likeness (QED) is 0.734. The molecule has 2 aromatic heterocycles. The van der Waals surface area contributed by atoms with E-state index in [2.05, 4.69) is 15.6 Å². The number of anilines is 1. The molecule has 0 unspecified atom stereocenters. The molecule has 82 valence electrons. The molecule has 0 fully saturated rings. The van der Waals surface area contributed by atoms with E-state index in [1.165, 1.54) is 6.07 Å². The average molecular weight is 220 g/mol. The Balaban J connectivity index is 2.20. The summed E-state index contributed by atoms with van der Waals surface area (Å²) in [7, 11) is 1.78. The van der Waals surface area contributed by atoms with Crippen LogP contribution in [0.4, 0.5) is 5.69 Å². The summed E-state index contributed by atoms with van der Waals surface area (Å²) in [6, 6.07) is 1.45. The van der Waals surface area contributed by atoms with Gasteiger partial charge in [0.2, 0.25) is 5.76 Å². The molecule has 3 rings (SSSR count). The van der Waals surface area contributed by atoms with Gasteiger partial charge in [-0.2, -0.15) is 0 Å². The number of carboxylic acids is 1. The summed E-state index contributed by atoms with van der Waals surface area (Å²) in [5.74, 6) is -0.760. The average Bonchev–Trinajstić information content (AvgIpc) is 2.81. The maximum absolute atomic E-state index is 10.8. The first-order chi connectivity index (χ1) is 7.66. The molecule has 0 radical (unpaired) electrons. The lowest BCUT2D eigenvalue weighted by atomic mass is 10.1. The zero-order valence-corrected chi connectivity index (χ0v) is 8.39. The highest BCUT2D eigenvalue weighted by Gasteiger charge is 2.26. The number of hydrogen-bond acceptors (Lipinski definition) is 5. The normalized spacial score (nSPS) is 12.8. The Bertz CT molecular complexity index is 584. The van der Waals surface area contributed by atoms with Crippen LogP contribution in [0.15, 0.2) is 10.5 Å². The van der Waals surface area contributed by atoms with Crippen LogP contribution in [0.1, 0.15) is 16.2 Å². The Morgan fingerprint density at radius 3 is 3.25 bits per heavy atom. The summed E-state index contributed by atoms with van der Waals surface area (Å²) in [6.45, 7) is 0.560. The van der Waals surface area contributed by atoms with Crippen molar-refractivity contribution in [3.63, 3.8) is 0 Å². The number of aryl methyl sites for hydroxylation is 1. The predicted molar refractivity (Wildman–Crippen MR) is 53.0 cm³/mol. The summed E-state index contributed by atoms with van der Waals surface area (Å²) in [4.78, 5) is 10.8. The fourth-order valence-electron chi connectivity index (χ4n) is 1.73. The van der Waals surface area contributed by atoms with E-state index in [-0.39, 0.29) is 5.76 Å². The van der Waals surface area contributed by atoms with Gasteiger partial charge in [-0.25, -0.2) is 9.48 Å². The van der Waals surface area contributed by atoms with Gasteiger partial charge in [-0.3, -0.25) is 0 Å². The molecule has 1 aliphatic rings. The predicted octanol–water partition coefficient (Wildman–Crippen LogP) is 0.699. The molecule has 0 bridgehead atoms. The van der Waals surface area contributed by atoms with Crippen LogP contribution in [0.25, 0.3) is 11.5 Å². The van der Waals surface area contributed by atoms with Crippen molar-refractivity contribution in [3.8, 4) is 11.5 Å². The number of carboxylic acid groups (broad SMARTS) is 1. The fraction of sp³-hybridized carbons (Fsp3) is 0.222. The van der Waals surface area contributed by atoms with Crippen LogP contribution in [0, 0.1) is 0 Å². The third-order valence-corrected chi connectivity index (χ3v) is 2.55. The minimum absolute atomic E-state index is 0.101. The van der Waals surface area contributed by atoms with E-state index in [0.29, 0.717) is 23.7 Å². The zero-order valence-electron chi connectivity index (χ0n) is 8.39. The highest BCUT2D eigenvalue weighted by molar-refractivity contribution is 5.89. The van der Waals surface area contributed by atoms with Gasteiger partial charge in [0.15, 0.2) is 11.5 Å². The number of aromatic carboxylic acids is 1. The monoisotopic (exact) mass is 220 g/mol. The summed E-state index contributed by atoms with van der Waals surface area (Å²) in [6.07, 6.45) is 0. The van der Waals surface area contributed by atoms with Crippen LogP contribution in [-0.4, -0.2) is 26.1 Å². The maximum Gasteiger partial charge on any atom is 0.371 e. The maximum atomic E-state index is 10.8. The highest BCUT2D eigenvalue weighted by atomic mass is 16.4. The topological polar surface area (TPSA) is 93.2 Å². The number of carbonyl (C=O) groups is 1. The minimum atomic E-state index is -1.10. The molecule has 7 nitrogen and oxygen atoms in total. The van der Waals surface area contributed by atoms with Crippen molar-refractivity contribution in [1.29, 1.82) is 0 Å². The van der Waals surface area contributed by atoms with Gasteiger partial charge in [0.25, 0.3) is 0 Å². The van der Waals surface area contributed by atoms with Crippen molar-refractivity contribution in [2.45, 2.75) is 6.54 Å². The smallest absolute Gasteiger partial charge is 0.371 e. The molecule has 3 heterocycles. The Labute approximate surface area is 89.7 Å². The fourth-order valence-corrected chi connectivity index (χ4v) is 1.73. The molecule has 0 atom stereocenters. The van der Waals surface area contributed by atoms with Gasteiger partial charge in [-0.05, 0) is 0 Å². The molecular weight excluding hydrogens is 212 g/mol. The minimum Gasteiger partial charge on any atom is -0.475 e. The van der Waals surface area contributed by atoms with Gasteiger partial charge in [0, 0.05) is 13.1 Å². The molecular formula is C9H8N4O3. The number of nitrogens with one attached hydrogen (secondary N) is 1. The van der Waals surface area contributed by atoms with E-state index in [0.717, 1.165) is 5.69 Å². The van der Waals surface area contributed by atoms with Gasteiger partial charge >= 0.3 is 5.97 Å². The Hall–Kier alpha value is -2.31. The second-order valence-corrected chi connectivity index (χ2v) is 3.52. The number of nitrogens with zero attached hydrogens (tertiary/aromatic N) is 3. The molecule has 0 aromatic carbocycles.